The first kappa shape index (κ1) is 30.8. The number of fused-ring (bicyclic) bond motifs is 7. The minimum absolute atomic E-state index is 0.168. The maximum atomic E-state index is 5.19. The average molecular weight is 706 g/mol. The lowest BCUT2D eigenvalue weighted by Crippen LogP contribution is -2.00. The summed E-state index contributed by atoms with van der Waals surface area (Å²) in [5, 5.41) is 5.02. The van der Waals surface area contributed by atoms with Crippen LogP contribution in [0.15, 0.2) is 182 Å². The third kappa shape index (κ3) is 5.07. The Morgan fingerprint density at radius 2 is 1.00 bits per heavy atom. The molecule has 3 nitrogen and oxygen atoms in total. The molecule has 0 fully saturated rings. The fraction of sp³-hybridized carbons (Fsp3) is 0.0200. The Labute approximate surface area is 316 Å². The molecule has 10 aromatic rings. The fourth-order valence-corrected chi connectivity index (χ4v) is 9.49. The summed E-state index contributed by atoms with van der Waals surface area (Å²) in [7, 11) is 0. The van der Waals surface area contributed by atoms with Crippen LogP contribution in [0.25, 0.3) is 87.4 Å². The van der Waals surface area contributed by atoms with Crippen molar-refractivity contribution in [1.29, 1.82) is 0 Å². The second-order valence-corrected chi connectivity index (χ2v) is 15.0. The van der Waals surface area contributed by atoms with E-state index >= 15 is 0 Å². The van der Waals surface area contributed by atoms with Crippen molar-refractivity contribution < 1.29 is 0 Å². The first-order chi connectivity index (χ1) is 26.7. The van der Waals surface area contributed by atoms with E-state index < -0.39 is 0 Å². The lowest BCUT2D eigenvalue weighted by Gasteiger charge is -2.15. The highest BCUT2D eigenvalue weighted by molar-refractivity contribution is 7.26. The maximum absolute atomic E-state index is 5.19. The number of hydrogen-bond acceptors (Lipinski definition) is 4. The molecule has 1 aliphatic carbocycles. The molecule has 4 heteroatoms. The minimum atomic E-state index is 0.168. The van der Waals surface area contributed by atoms with E-state index in [9.17, 15) is 0 Å². The van der Waals surface area contributed by atoms with E-state index in [-0.39, 0.29) is 5.92 Å². The van der Waals surface area contributed by atoms with E-state index in [2.05, 4.69) is 158 Å². The summed E-state index contributed by atoms with van der Waals surface area (Å²) < 4.78 is 2.44. The summed E-state index contributed by atoms with van der Waals surface area (Å²) in [6.07, 6.45) is 0. The zero-order valence-corrected chi connectivity index (χ0v) is 30.0. The number of rotatable bonds is 5. The highest BCUT2D eigenvalue weighted by atomic mass is 32.1. The van der Waals surface area contributed by atoms with Crippen LogP contribution < -0.4 is 0 Å². The number of thiophene rings is 1. The summed E-state index contributed by atoms with van der Waals surface area (Å²) in [6.45, 7) is 0. The van der Waals surface area contributed by atoms with Gasteiger partial charge in [0.05, 0.1) is 0 Å². The van der Waals surface area contributed by atoms with Gasteiger partial charge in [-0.25, -0.2) is 15.0 Å². The van der Waals surface area contributed by atoms with Crippen LogP contribution in [0.1, 0.15) is 22.6 Å². The van der Waals surface area contributed by atoms with Gasteiger partial charge in [0.15, 0.2) is 17.5 Å². The molecule has 2 heterocycles. The first-order valence-electron chi connectivity index (χ1n) is 18.3. The van der Waals surface area contributed by atoms with Crippen LogP contribution in [0.2, 0.25) is 0 Å². The number of benzene rings is 8. The molecule has 54 heavy (non-hydrogen) atoms. The third-order valence-corrected chi connectivity index (χ3v) is 12.0. The van der Waals surface area contributed by atoms with Crippen molar-refractivity contribution in [2.45, 2.75) is 5.92 Å². The summed E-state index contributed by atoms with van der Waals surface area (Å²) in [6, 6.07) is 65.1. The minimum Gasteiger partial charge on any atom is -0.208 e. The summed E-state index contributed by atoms with van der Waals surface area (Å²) in [4.78, 5) is 15.4. The second kappa shape index (κ2) is 12.4. The van der Waals surface area contributed by atoms with Gasteiger partial charge < -0.3 is 0 Å². The van der Waals surface area contributed by atoms with Crippen LogP contribution >= 0.6 is 11.3 Å². The van der Waals surface area contributed by atoms with Crippen LogP contribution in [0.3, 0.4) is 0 Å². The van der Waals surface area contributed by atoms with Gasteiger partial charge in [-0.05, 0) is 80.0 Å². The van der Waals surface area contributed by atoms with E-state index in [1.54, 1.807) is 0 Å². The molecule has 0 aliphatic heterocycles. The van der Waals surface area contributed by atoms with Crippen LogP contribution in [0.5, 0.6) is 0 Å². The monoisotopic (exact) mass is 705 g/mol. The topological polar surface area (TPSA) is 38.7 Å². The summed E-state index contributed by atoms with van der Waals surface area (Å²) in [5.41, 5.74) is 11.9. The molecule has 8 aromatic carbocycles. The normalized spacial score (nSPS) is 13.4. The Balaban J connectivity index is 1.07. The molecule has 11 rings (SSSR count). The largest absolute Gasteiger partial charge is 0.208 e. The SMILES string of the molecule is c1ccc(-c2cccc(-c3nc(-c4ccccc4)nc(-c4cccc5c4sc4cc(C6c7ccccc7-c7cc8ccccc8cc76)ccc45)n3)c2)cc1. The van der Waals surface area contributed by atoms with Gasteiger partial charge in [0.2, 0.25) is 0 Å². The molecule has 0 amide bonds. The van der Waals surface area contributed by atoms with E-state index in [1.807, 2.05) is 35.6 Å². The van der Waals surface area contributed by atoms with Crippen LogP contribution in [0.4, 0.5) is 0 Å². The van der Waals surface area contributed by atoms with E-state index in [0.29, 0.717) is 17.5 Å². The molecule has 0 N–H and O–H groups in total. The van der Waals surface area contributed by atoms with E-state index in [0.717, 1.165) is 27.8 Å². The van der Waals surface area contributed by atoms with Crippen LogP contribution in [-0.4, -0.2) is 15.0 Å². The van der Waals surface area contributed by atoms with Gasteiger partial charge in [0.25, 0.3) is 0 Å². The van der Waals surface area contributed by atoms with Crippen molar-refractivity contribution in [1.82, 2.24) is 15.0 Å². The predicted molar refractivity (Wildman–Crippen MR) is 225 cm³/mol. The molecule has 2 aromatic heterocycles. The number of nitrogens with zero attached hydrogens (tertiary/aromatic N) is 3. The van der Waals surface area contributed by atoms with Crippen molar-refractivity contribution in [2.75, 3.05) is 0 Å². The quantitative estimate of drug-likeness (QED) is 0.179. The molecule has 0 radical (unpaired) electrons. The lowest BCUT2D eigenvalue weighted by atomic mass is 9.88. The Morgan fingerprint density at radius 1 is 0.370 bits per heavy atom. The van der Waals surface area contributed by atoms with Gasteiger partial charge in [-0.2, -0.15) is 0 Å². The lowest BCUT2D eigenvalue weighted by molar-refractivity contribution is 1.02. The van der Waals surface area contributed by atoms with E-state index in [4.69, 9.17) is 15.0 Å². The third-order valence-electron chi connectivity index (χ3n) is 10.8. The zero-order chi connectivity index (χ0) is 35.6. The predicted octanol–water partition coefficient (Wildman–Crippen LogP) is 13.2. The van der Waals surface area contributed by atoms with Crippen molar-refractivity contribution in [3.05, 3.63) is 199 Å². The number of hydrogen-bond donors (Lipinski definition) is 0. The van der Waals surface area contributed by atoms with Gasteiger partial charge in [0.1, 0.15) is 0 Å². The van der Waals surface area contributed by atoms with Crippen LogP contribution in [-0.2, 0) is 0 Å². The van der Waals surface area contributed by atoms with Gasteiger partial charge in [-0.15, -0.1) is 11.3 Å². The van der Waals surface area contributed by atoms with Gasteiger partial charge in [0, 0.05) is 42.8 Å². The maximum Gasteiger partial charge on any atom is 0.165 e. The molecule has 252 valence electrons. The van der Waals surface area contributed by atoms with Gasteiger partial charge >= 0.3 is 0 Å². The van der Waals surface area contributed by atoms with Gasteiger partial charge in [-0.1, -0.05) is 152 Å². The smallest absolute Gasteiger partial charge is 0.165 e. The molecule has 1 atom stereocenters. The van der Waals surface area contributed by atoms with Gasteiger partial charge in [-0.3, -0.25) is 0 Å². The van der Waals surface area contributed by atoms with Crippen LogP contribution in [0, 0.1) is 0 Å². The molecule has 0 spiro atoms. The van der Waals surface area contributed by atoms with Crippen molar-refractivity contribution in [3.63, 3.8) is 0 Å². The second-order valence-electron chi connectivity index (χ2n) is 14.0. The molecule has 0 bridgehead atoms. The Bertz CT molecular complexity index is 3060. The molecule has 1 unspecified atom stereocenters. The summed E-state index contributed by atoms with van der Waals surface area (Å²) in [5.74, 6) is 2.16. The van der Waals surface area contributed by atoms with Crippen molar-refractivity contribution in [2.24, 2.45) is 0 Å². The highest BCUT2D eigenvalue weighted by Gasteiger charge is 2.30. The van der Waals surface area contributed by atoms with Crippen molar-refractivity contribution >= 4 is 42.3 Å². The molecular formula is C50H31N3S. The molecule has 0 saturated heterocycles. The first-order valence-corrected chi connectivity index (χ1v) is 19.1. The molecular weight excluding hydrogens is 675 g/mol. The van der Waals surface area contributed by atoms with E-state index in [1.165, 1.54) is 58.8 Å². The fourth-order valence-electron chi connectivity index (χ4n) is 8.23. The highest BCUT2D eigenvalue weighted by Crippen LogP contribution is 2.50. The zero-order valence-electron chi connectivity index (χ0n) is 29.1. The Hall–Kier alpha value is -6.75. The average Bonchev–Trinajstić information content (AvgIpc) is 3.78. The molecule has 1 aliphatic rings. The molecule has 0 saturated carbocycles. The summed E-state index contributed by atoms with van der Waals surface area (Å²) >= 11 is 1.82. The Morgan fingerprint density at radius 3 is 1.83 bits per heavy atom. The Kier molecular flexibility index (Phi) is 7.10. The number of aromatic nitrogens is 3. The van der Waals surface area contributed by atoms with Crippen molar-refractivity contribution in [3.8, 4) is 56.4 Å². The standard InChI is InChI=1S/C50H31N3S/c1-3-13-31(14-4-1)33-19-11-20-37(27-33)49-51-48(32-15-5-2-6-16-32)52-50(53-49)42-24-12-23-41-39-26-25-36(30-45(39)54-47(41)42)46-40-22-10-9-21-38(40)43-28-34-17-7-8-18-35(34)29-44(43)46/h1-30,46H.